The van der Waals surface area contributed by atoms with E-state index in [1.54, 1.807) is 32.4 Å². The Labute approximate surface area is 144 Å². The van der Waals surface area contributed by atoms with Gasteiger partial charge in [-0.05, 0) is 41.8 Å². The fourth-order valence-electron chi connectivity index (χ4n) is 2.91. The molecule has 1 heterocycles. The van der Waals surface area contributed by atoms with Crippen LogP contribution in [0.3, 0.4) is 0 Å². The molecule has 0 aliphatic rings. The first kappa shape index (κ1) is 16.6. The molecule has 0 aliphatic heterocycles. The fourth-order valence-corrected chi connectivity index (χ4v) is 2.91. The molecule has 0 radical (unpaired) electrons. The summed E-state index contributed by atoms with van der Waals surface area (Å²) in [6.07, 6.45) is 0.384. The molecule has 1 aromatic heterocycles. The third-order valence-electron chi connectivity index (χ3n) is 4.08. The lowest BCUT2D eigenvalue weighted by atomic mass is 9.95. The maximum Gasteiger partial charge on any atom is 0.339 e. The van der Waals surface area contributed by atoms with E-state index in [1.807, 2.05) is 24.3 Å². The number of rotatable bonds is 5. The highest BCUT2D eigenvalue weighted by Gasteiger charge is 2.21. The second kappa shape index (κ2) is 6.68. The van der Waals surface area contributed by atoms with E-state index < -0.39 is 5.97 Å². The minimum absolute atomic E-state index is 0.00300. The quantitative estimate of drug-likeness (QED) is 0.742. The third-order valence-corrected chi connectivity index (χ3v) is 4.08. The Morgan fingerprint density at radius 3 is 2.44 bits per heavy atom. The average Bonchev–Trinajstić information content (AvgIpc) is 2.61. The number of carbonyl (C=O) groups is 1. The van der Waals surface area contributed by atoms with E-state index >= 15 is 0 Å². The first-order chi connectivity index (χ1) is 12.0. The van der Waals surface area contributed by atoms with Crippen molar-refractivity contribution in [3.63, 3.8) is 0 Å². The number of fused-ring (bicyclic) bond motifs is 1. The number of carboxylic acids is 1. The number of hydrogen-bond donors (Lipinski definition) is 2. The third kappa shape index (κ3) is 3.06. The molecule has 0 saturated heterocycles. The van der Waals surface area contributed by atoms with Gasteiger partial charge in [0, 0.05) is 5.39 Å². The van der Waals surface area contributed by atoms with Crippen LogP contribution < -0.4 is 15.2 Å². The molecule has 0 spiro atoms. The summed E-state index contributed by atoms with van der Waals surface area (Å²) in [7, 11) is 3.14. The lowest BCUT2D eigenvalue weighted by Crippen LogP contribution is -2.11. The molecule has 3 aromatic rings. The first-order valence-electron chi connectivity index (χ1n) is 7.66. The van der Waals surface area contributed by atoms with Crippen molar-refractivity contribution in [3.8, 4) is 11.5 Å². The van der Waals surface area contributed by atoms with Gasteiger partial charge in [0.2, 0.25) is 0 Å². The summed E-state index contributed by atoms with van der Waals surface area (Å²) in [4.78, 5) is 16.0. The van der Waals surface area contributed by atoms with Gasteiger partial charge < -0.3 is 20.3 Å². The van der Waals surface area contributed by atoms with Crippen molar-refractivity contribution in [3.05, 3.63) is 59.2 Å². The molecule has 6 nitrogen and oxygen atoms in total. The molecule has 6 heteroatoms. The molecular weight excluding hydrogens is 320 g/mol. The number of hydrogen-bond acceptors (Lipinski definition) is 5. The molecule has 0 unspecified atom stereocenters. The van der Waals surface area contributed by atoms with E-state index in [2.05, 4.69) is 4.98 Å². The second-order valence-electron chi connectivity index (χ2n) is 5.53. The summed E-state index contributed by atoms with van der Waals surface area (Å²) in [6.45, 7) is 0. The largest absolute Gasteiger partial charge is 0.497 e. The highest BCUT2D eigenvalue weighted by molar-refractivity contribution is 6.02. The molecule has 0 aliphatic carbocycles. The van der Waals surface area contributed by atoms with Gasteiger partial charge in [-0.3, -0.25) is 0 Å². The average molecular weight is 338 g/mol. The number of methoxy groups -OCH3 is 2. The van der Waals surface area contributed by atoms with Gasteiger partial charge in [-0.15, -0.1) is 0 Å². The number of pyridine rings is 1. The van der Waals surface area contributed by atoms with E-state index in [1.165, 1.54) is 0 Å². The SMILES string of the molecule is COc1ccc(Cc2c(C(=O)O)c(N)nc3cccc(OC)c23)cc1. The van der Waals surface area contributed by atoms with Crippen LogP contribution in [0.5, 0.6) is 11.5 Å². The Bertz CT molecular complexity index is 936. The normalized spacial score (nSPS) is 10.6. The Balaban J connectivity index is 2.25. The Morgan fingerprint density at radius 2 is 1.84 bits per heavy atom. The number of nitrogens with zero attached hydrogens (tertiary/aromatic N) is 1. The van der Waals surface area contributed by atoms with Gasteiger partial charge in [-0.1, -0.05) is 18.2 Å². The van der Waals surface area contributed by atoms with Crippen molar-refractivity contribution in [2.45, 2.75) is 6.42 Å². The molecule has 0 bridgehead atoms. The number of benzene rings is 2. The van der Waals surface area contributed by atoms with Crippen molar-refractivity contribution in [1.29, 1.82) is 0 Å². The van der Waals surface area contributed by atoms with E-state index in [0.29, 0.717) is 28.6 Å². The predicted octanol–water partition coefficient (Wildman–Crippen LogP) is 3.12. The zero-order valence-corrected chi connectivity index (χ0v) is 13.9. The summed E-state index contributed by atoms with van der Waals surface area (Å²) in [6, 6.07) is 12.8. The molecular formula is C19H18N2O4. The summed E-state index contributed by atoms with van der Waals surface area (Å²) in [5.41, 5.74) is 8.05. The summed E-state index contributed by atoms with van der Waals surface area (Å²) >= 11 is 0. The van der Waals surface area contributed by atoms with Gasteiger partial charge in [0.15, 0.2) is 0 Å². The van der Waals surface area contributed by atoms with E-state index in [0.717, 1.165) is 11.3 Å². The molecule has 0 amide bonds. The number of aromatic nitrogens is 1. The summed E-state index contributed by atoms with van der Waals surface area (Å²) in [5.74, 6) is 0.188. The number of anilines is 1. The van der Waals surface area contributed by atoms with Crippen molar-refractivity contribution in [1.82, 2.24) is 4.98 Å². The van der Waals surface area contributed by atoms with Gasteiger partial charge in [-0.25, -0.2) is 9.78 Å². The van der Waals surface area contributed by atoms with Crippen molar-refractivity contribution in [2.24, 2.45) is 0 Å². The molecule has 25 heavy (non-hydrogen) atoms. The van der Waals surface area contributed by atoms with Gasteiger partial charge >= 0.3 is 5.97 Å². The second-order valence-corrected chi connectivity index (χ2v) is 5.53. The van der Waals surface area contributed by atoms with E-state index in [9.17, 15) is 9.90 Å². The smallest absolute Gasteiger partial charge is 0.339 e. The monoisotopic (exact) mass is 338 g/mol. The van der Waals surface area contributed by atoms with Crippen LogP contribution in [0.15, 0.2) is 42.5 Å². The van der Waals surface area contributed by atoms with Gasteiger partial charge in [0.1, 0.15) is 22.9 Å². The molecule has 2 aromatic carbocycles. The van der Waals surface area contributed by atoms with Crippen LogP contribution in [-0.2, 0) is 6.42 Å². The summed E-state index contributed by atoms with van der Waals surface area (Å²) < 4.78 is 10.6. The number of ether oxygens (including phenoxy) is 2. The van der Waals surface area contributed by atoms with Gasteiger partial charge in [0.05, 0.1) is 19.7 Å². The Kier molecular flexibility index (Phi) is 4.43. The zero-order chi connectivity index (χ0) is 18.0. The van der Waals surface area contributed by atoms with Crippen LogP contribution in [0.1, 0.15) is 21.5 Å². The lowest BCUT2D eigenvalue weighted by molar-refractivity contribution is 0.0697. The number of carboxylic acid groups (broad SMARTS) is 1. The van der Waals surface area contributed by atoms with Crippen LogP contribution in [-0.4, -0.2) is 30.3 Å². The molecule has 0 atom stereocenters. The number of nitrogen functional groups attached to an aromatic ring is 1. The molecule has 0 fully saturated rings. The van der Waals surface area contributed by atoms with E-state index in [4.69, 9.17) is 15.2 Å². The number of aromatic carboxylic acids is 1. The summed E-state index contributed by atoms with van der Waals surface area (Å²) in [5, 5.41) is 10.3. The van der Waals surface area contributed by atoms with Crippen LogP contribution in [0, 0.1) is 0 Å². The van der Waals surface area contributed by atoms with E-state index in [-0.39, 0.29) is 11.4 Å². The lowest BCUT2D eigenvalue weighted by Gasteiger charge is -2.15. The van der Waals surface area contributed by atoms with Crippen LogP contribution in [0.25, 0.3) is 10.9 Å². The fraction of sp³-hybridized carbons (Fsp3) is 0.158. The van der Waals surface area contributed by atoms with Gasteiger partial charge in [0.25, 0.3) is 0 Å². The molecule has 0 saturated carbocycles. The molecule has 128 valence electrons. The topological polar surface area (TPSA) is 94.7 Å². The minimum atomic E-state index is -1.11. The zero-order valence-electron chi connectivity index (χ0n) is 13.9. The maximum atomic E-state index is 11.8. The number of nitrogens with two attached hydrogens (primary N) is 1. The van der Waals surface area contributed by atoms with Crippen LogP contribution >= 0.6 is 0 Å². The molecule has 3 N–H and O–H groups in total. The first-order valence-corrected chi connectivity index (χ1v) is 7.66. The van der Waals surface area contributed by atoms with Crippen molar-refractivity contribution < 1.29 is 19.4 Å². The van der Waals surface area contributed by atoms with Crippen LogP contribution in [0.2, 0.25) is 0 Å². The molecule has 3 rings (SSSR count). The van der Waals surface area contributed by atoms with Gasteiger partial charge in [-0.2, -0.15) is 0 Å². The maximum absolute atomic E-state index is 11.8. The highest BCUT2D eigenvalue weighted by Crippen LogP contribution is 2.34. The minimum Gasteiger partial charge on any atom is -0.497 e. The Morgan fingerprint density at radius 1 is 1.12 bits per heavy atom. The standard InChI is InChI=1S/C19H18N2O4/c1-24-12-8-6-11(7-9-12)10-13-16-14(4-3-5-15(16)25-2)21-18(20)17(13)19(22)23/h3-9H,10H2,1-2H3,(H2,20,21)(H,22,23). The predicted molar refractivity (Wildman–Crippen MR) is 95.5 cm³/mol. The van der Waals surface area contributed by atoms with Crippen molar-refractivity contribution in [2.75, 3.05) is 20.0 Å². The Hall–Kier alpha value is -3.28. The highest BCUT2D eigenvalue weighted by atomic mass is 16.5. The van der Waals surface area contributed by atoms with Crippen molar-refractivity contribution >= 4 is 22.7 Å². The van der Waals surface area contributed by atoms with Crippen LogP contribution in [0.4, 0.5) is 5.82 Å².